The molecule has 10 nitrogen and oxygen atoms in total. The summed E-state index contributed by atoms with van der Waals surface area (Å²) in [6, 6.07) is 0.857. The molecule has 2 saturated heterocycles. The molecule has 14 heteroatoms. The third kappa shape index (κ3) is 3.67. The predicted molar refractivity (Wildman–Crippen MR) is 113 cm³/mol. The number of hydrogen-bond acceptors (Lipinski definition) is 7. The SMILES string of the molecule is CON=C1CN(c2nc3c(cc2F)c(=O)c(C(=O)O)cn3C2CC2)CC12CN(C(=O)C(F)(F)F)C2. The Hall–Kier alpha value is -3.71. The van der Waals surface area contributed by atoms with Crippen LogP contribution in [0.1, 0.15) is 29.2 Å². The van der Waals surface area contributed by atoms with Crippen molar-refractivity contribution in [2.75, 3.05) is 38.2 Å². The van der Waals surface area contributed by atoms with E-state index >= 15 is 4.39 Å². The Labute approximate surface area is 194 Å². The van der Waals surface area contributed by atoms with Crippen LogP contribution in [-0.4, -0.2) is 76.6 Å². The lowest BCUT2D eigenvalue weighted by Crippen LogP contribution is -2.64. The molecule has 1 N–H and O–H groups in total. The Morgan fingerprint density at radius 2 is 1.94 bits per heavy atom. The topological polar surface area (TPSA) is 117 Å². The summed E-state index contributed by atoms with van der Waals surface area (Å²) in [5.74, 6) is -4.44. The number of pyridine rings is 2. The predicted octanol–water partition coefficient (Wildman–Crippen LogP) is 1.78. The number of carbonyl (C=O) groups excluding carboxylic acids is 1. The number of nitrogens with zero attached hydrogens (tertiary/aromatic N) is 5. The number of amides is 1. The lowest BCUT2D eigenvalue weighted by atomic mass is 9.77. The summed E-state index contributed by atoms with van der Waals surface area (Å²) in [6.45, 7) is -0.534. The number of alkyl halides is 3. The van der Waals surface area contributed by atoms with Gasteiger partial charge in [0.05, 0.1) is 23.1 Å². The van der Waals surface area contributed by atoms with E-state index in [1.54, 1.807) is 4.57 Å². The van der Waals surface area contributed by atoms with Crippen LogP contribution in [-0.2, 0) is 9.63 Å². The minimum Gasteiger partial charge on any atom is -0.477 e. The van der Waals surface area contributed by atoms with E-state index in [9.17, 15) is 32.7 Å². The van der Waals surface area contributed by atoms with Gasteiger partial charge in [-0.3, -0.25) is 9.59 Å². The summed E-state index contributed by atoms with van der Waals surface area (Å²) < 4.78 is 55.2. The summed E-state index contributed by atoms with van der Waals surface area (Å²) >= 11 is 0. The zero-order chi connectivity index (χ0) is 25.3. The first kappa shape index (κ1) is 23.1. The largest absolute Gasteiger partial charge is 0.477 e. The molecule has 0 bridgehead atoms. The first-order valence-corrected chi connectivity index (χ1v) is 10.7. The first-order valence-electron chi connectivity index (χ1n) is 10.7. The highest BCUT2D eigenvalue weighted by atomic mass is 19.4. The highest BCUT2D eigenvalue weighted by Gasteiger charge is 2.58. The number of rotatable bonds is 4. The van der Waals surface area contributed by atoms with E-state index in [1.165, 1.54) is 18.2 Å². The third-order valence-corrected chi connectivity index (χ3v) is 6.57. The molecule has 3 aliphatic rings. The normalized spacial score (nSPS) is 20.5. The number of likely N-dealkylation sites (tertiary alicyclic amines) is 1. The molecule has 1 aliphatic carbocycles. The van der Waals surface area contributed by atoms with Gasteiger partial charge in [0, 0.05) is 31.9 Å². The van der Waals surface area contributed by atoms with Crippen molar-refractivity contribution in [3.8, 4) is 0 Å². The van der Waals surface area contributed by atoms with Gasteiger partial charge in [-0.15, -0.1) is 0 Å². The average Bonchev–Trinajstić information content (AvgIpc) is 3.52. The Balaban J connectivity index is 1.53. The molecule has 1 spiro atoms. The van der Waals surface area contributed by atoms with E-state index in [0.717, 1.165) is 18.9 Å². The van der Waals surface area contributed by atoms with E-state index in [1.807, 2.05) is 0 Å². The molecule has 5 rings (SSSR count). The van der Waals surface area contributed by atoms with Crippen LogP contribution in [0.4, 0.5) is 23.4 Å². The molecule has 0 unspecified atom stereocenters. The number of oxime groups is 1. The molecule has 2 aromatic rings. The lowest BCUT2D eigenvalue weighted by Gasteiger charge is -2.47. The molecule has 0 atom stereocenters. The van der Waals surface area contributed by atoms with Gasteiger partial charge in [-0.25, -0.2) is 14.2 Å². The van der Waals surface area contributed by atoms with Crippen molar-refractivity contribution in [3.05, 3.63) is 33.9 Å². The van der Waals surface area contributed by atoms with Crippen LogP contribution in [0.15, 0.2) is 22.2 Å². The molecule has 3 fully saturated rings. The van der Waals surface area contributed by atoms with Gasteiger partial charge in [0.25, 0.3) is 0 Å². The van der Waals surface area contributed by atoms with Gasteiger partial charge in [0.1, 0.15) is 18.3 Å². The summed E-state index contributed by atoms with van der Waals surface area (Å²) in [5.41, 5.74) is -1.86. The standard InChI is InChI=1S/C21H19F4N5O5/c1-35-27-14-6-28(7-20(14)8-29(9-20)19(34)21(23,24)25)17-13(22)4-11-15(31)12(18(32)33)5-30(10-2-3-10)16(11)26-17/h4-5,10H,2-3,6-9H2,1H3,(H,32,33). The molecule has 186 valence electrons. The minimum atomic E-state index is -5.01. The number of fused-ring (bicyclic) bond motifs is 1. The zero-order valence-corrected chi connectivity index (χ0v) is 18.3. The van der Waals surface area contributed by atoms with Crippen molar-refractivity contribution >= 4 is 34.4 Å². The van der Waals surface area contributed by atoms with E-state index in [0.29, 0.717) is 10.6 Å². The van der Waals surface area contributed by atoms with Gasteiger partial charge < -0.3 is 24.3 Å². The molecule has 0 radical (unpaired) electrons. The number of carbonyl (C=O) groups is 2. The van der Waals surface area contributed by atoms with Gasteiger partial charge in [0.2, 0.25) is 5.43 Å². The fourth-order valence-electron chi connectivity index (χ4n) is 4.78. The molecular weight excluding hydrogens is 478 g/mol. The maximum Gasteiger partial charge on any atom is 0.471 e. The number of aromatic nitrogens is 2. The van der Waals surface area contributed by atoms with Crippen LogP contribution >= 0.6 is 0 Å². The van der Waals surface area contributed by atoms with Crippen molar-refractivity contribution in [1.29, 1.82) is 0 Å². The van der Waals surface area contributed by atoms with E-state index in [2.05, 4.69) is 10.1 Å². The van der Waals surface area contributed by atoms with Crippen LogP contribution in [0.25, 0.3) is 11.0 Å². The number of carboxylic acids is 1. The average molecular weight is 497 g/mol. The fourth-order valence-corrected chi connectivity index (χ4v) is 4.78. The Kier molecular flexibility index (Phi) is 5.04. The lowest BCUT2D eigenvalue weighted by molar-refractivity contribution is -0.193. The van der Waals surface area contributed by atoms with Gasteiger partial charge in [0.15, 0.2) is 11.6 Å². The van der Waals surface area contributed by atoms with Gasteiger partial charge in [-0.1, -0.05) is 5.16 Å². The number of halogens is 4. The van der Waals surface area contributed by atoms with E-state index in [-0.39, 0.29) is 49.1 Å². The van der Waals surface area contributed by atoms with E-state index in [4.69, 9.17) is 4.84 Å². The van der Waals surface area contributed by atoms with Crippen molar-refractivity contribution in [2.45, 2.75) is 25.1 Å². The Morgan fingerprint density at radius 3 is 2.51 bits per heavy atom. The molecule has 2 aromatic heterocycles. The summed E-state index contributed by atoms with van der Waals surface area (Å²) in [7, 11) is 1.27. The first-order chi connectivity index (χ1) is 16.4. The number of carboxylic acid groups (broad SMARTS) is 1. The quantitative estimate of drug-likeness (QED) is 0.506. The van der Waals surface area contributed by atoms with Crippen LogP contribution in [0.5, 0.6) is 0 Å². The second-order valence-corrected chi connectivity index (χ2v) is 9.00. The number of aromatic carboxylic acids is 1. The summed E-state index contributed by atoms with van der Waals surface area (Å²) in [6.07, 6.45) is -2.32. The highest BCUT2D eigenvalue weighted by Crippen LogP contribution is 2.42. The molecule has 2 aliphatic heterocycles. The van der Waals surface area contributed by atoms with Gasteiger partial charge in [-0.2, -0.15) is 13.2 Å². The molecule has 0 aromatic carbocycles. The van der Waals surface area contributed by atoms with Crippen LogP contribution < -0.4 is 10.3 Å². The van der Waals surface area contributed by atoms with Crippen molar-refractivity contribution in [2.24, 2.45) is 10.6 Å². The number of hydrogen-bond donors (Lipinski definition) is 1. The highest BCUT2D eigenvalue weighted by molar-refractivity contribution is 6.00. The maximum atomic E-state index is 15.2. The summed E-state index contributed by atoms with van der Waals surface area (Å²) in [4.78, 5) is 47.1. The molecule has 1 saturated carbocycles. The van der Waals surface area contributed by atoms with Crippen molar-refractivity contribution < 1.29 is 37.1 Å². The van der Waals surface area contributed by atoms with Gasteiger partial charge >= 0.3 is 18.1 Å². The summed E-state index contributed by atoms with van der Waals surface area (Å²) in [5, 5.41) is 13.1. The monoisotopic (exact) mass is 497 g/mol. The second kappa shape index (κ2) is 7.65. The zero-order valence-electron chi connectivity index (χ0n) is 18.3. The Bertz CT molecular complexity index is 1340. The van der Waals surface area contributed by atoms with Crippen LogP contribution in [0, 0.1) is 11.2 Å². The molecule has 1 amide bonds. The fraction of sp³-hybridized carbons (Fsp3) is 0.476. The van der Waals surface area contributed by atoms with Crippen molar-refractivity contribution in [1.82, 2.24) is 14.5 Å². The van der Waals surface area contributed by atoms with Crippen LogP contribution in [0.2, 0.25) is 0 Å². The van der Waals surface area contributed by atoms with Crippen LogP contribution in [0.3, 0.4) is 0 Å². The number of anilines is 1. The third-order valence-electron chi connectivity index (χ3n) is 6.57. The molecular formula is C21H19F4N5O5. The Morgan fingerprint density at radius 1 is 1.26 bits per heavy atom. The van der Waals surface area contributed by atoms with Gasteiger partial charge in [-0.05, 0) is 18.9 Å². The molecule has 4 heterocycles. The maximum absolute atomic E-state index is 15.2. The smallest absolute Gasteiger partial charge is 0.471 e. The minimum absolute atomic E-state index is 0.0157. The van der Waals surface area contributed by atoms with E-state index < -0.39 is 40.3 Å². The molecule has 35 heavy (non-hydrogen) atoms. The van der Waals surface area contributed by atoms with Crippen molar-refractivity contribution in [3.63, 3.8) is 0 Å². The second-order valence-electron chi connectivity index (χ2n) is 9.00.